The van der Waals surface area contributed by atoms with Crippen molar-refractivity contribution in [1.82, 2.24) is 14.9 Å². The van der Waals surface area contributed by atoms with E-state index in [4.69, 9.17) is 9.47 Å². The van der Waals surface area contributed by atoms with Crippen molar-refractivity contribution < 1.29 is 14.3 Å². The standard InChI is InChI=1S/C20H23N3O3/c1-15-6-7-17(22-12-15)19(24)23-10-4-8-20(14-23)11-16(13-25-20)26-18-5-2-3-9-21-18/h2-3,5-7,9,12,16H,4,8,10-11,13-14H2,1H3/t16-,20-/m0/s1. The van der Waals surface area contributed by atoms with Crippen molar-refractivity contribution in [1.29, 1.82) is 0 Å². The van der Waals surface area contributed by atoms with Crippen LogP contribution in [0.4, 0.5) is 0 Å². The Hall–Kier alpha value is -2.47. The summed E-state index contributed by atoms with van der Waals surface area (Å²) in [5, 5.41) is 0. The van der Waals surface area contributed by atoms with Crippen LogP contribution in [0.15, 0.2) is 42.7 Å². The Morgan fingerprint density at radius 2 is 2.23 bits per heavy atom. The zero-order valence-corrected chi connectivity index (χ0v) is 14.9. The molecule has 0 saturated carbocycles. The van der Waals surface area contributed by atoms with Crippen molar-refractivity contribution in [2.24, 2.45) is 0 Å². The van der Waals surface area contributed by atoms with Crippen LogP contribution in [0, 0.1) is 6.92 Å². The van der Waals surface area contributed by atoms with Crippen molar-refractivity contribution in [2.45, 2.75) is 37.9 Å². The van der Waals surface area contributed by atoms with Crippen LogP contribution in [0.5, 0.6) is 5.88 Å². The molecule has 0 unspecified atom stereocenters. The van der Waals surface area contributed by atoms with Gasteiger partial charge in [-0.1, -0.05) is 12.1 Å². The number of carbonyl (C=O) groups is 1. The van der Waals surface area contributed by atoms with Gasteiger partial charge in [0.25, 0.3) is 5.91 Å². The third kappa shape index (κ3) is 3.55. The van der Waals surface area contributed by atoms with Gasteiger partial charge in [-0.05, 0) is 37.5 Å². The number of amides is 1. The van der Waals surface area contributed by atoms with E-state index in [1.54, 1.807) is 18.5 Å². The number of hydrogen-bond donors (Lipinski definition) is 0. The highest BCUT2D eigenvalue weighted by Gasteiger charge is 2.45. The number of ether oxygens (including phenoxy) is 2. The summed E-state index contributed by atoms with van der Waals surface area (Å²) in [6.07, 6.45) is 6.06. The molecule has 0 N–H and O–H groups in total. The molecule has 0 aliphatic carbocycles. The molecule has 2 atom stereocenters. The minimum atomic E-state index is -0.321. The van der Waals surface area contributed by atoms with Crippen molar-refractivity contribution in [3.63, 3.8) is 0 Å². The highest BCUT2D eigenvalue weighted by atomic mass is 16.6. The number of carbonyl (C=O) groups excluding carboxylic acids is 1. The first-order chi connectivity index (χ1) is 12.6. The first-order valence-electron chi connectivity index (χ1n) is 9.07. The molecule has 4 rings (SSSR count). The summed E-state index contributed by atoms with van der Waals surface area (Å²) in [7, 11) is 0. The van der Waals surface area contributed by atoms with Crippen LogP contribution in [0.25, 0.3) is 0 Å². The van der Waals surface area contributed by atoms with Gasteiger partial charge in [0.2, 0.25) is 5.88 Å². The van der Waals surface area contributed by atoms with Crippen LogP contribution in [-0.4, -0.2) is 52.2 Å². The van der Waals surface area contributed by atoms with Crippen molar-refractivity contribution in [2.75, 3.05) is 19.7 Å². The predicted molar refractivity (Wildman–Crippen MR) is 96.1 cm³/mol. The molecule has 0 radical (unpaired) electrons. The number of pyridine rings is 2. The molecule has 0 aromatic carbocycles. The van der Waals surface area contributed by atoms with Gasteiger partial charge >= 0.3 is 0 Å². The van der Waals surface area contributed by atoms with Gasteiger partial charge in [0, 0.05) is 31.4 Å². The van der Waals surface area contributed by atoms with Crippen LogP contribution in [-0.2, 0) is 4.74 Å². The van der Waals surface area contributed by atoms with Crippen molar-refractivity contribution in [3.05, 3.63) is 54.0 Å². The fourth-order valence-electron chi connectivity index (χ4n) is 3.78. The van der Waals surface area contributed by atoms with Gasteiger partial charge in [0.15, 0.2) is 0 Å². The molecule has 1 spiro atoms. The summed E-state index contributed by atoms with van der Waals surface area (Å²) in [6.45, 7) is 3.82. The molecule has 1 amide bonds. The maximum atomic E-state index is 12.8. The van der Waals surface area contributed by atoms with E-state index in [0.29, 0.717) is 24.7 Å². The first kappa shape index (κ1) is 17.0. The largest absolute Gasteiger partial charge is 0.472 e. The second kappa shape index (κ2) is 7.03. The quantitative estimate of drug-likeness (QED) is 0.849. The lowest BCUT2D eigenvalue weighted by Gasteiger charge is -2.39. The summed E-state index contributed by atoms with van der Waals surface area (Å²) in [6, 6.07) is 9.33. The smallest absolute Gasteiger partial charge is 0.272 e. The first-order valence-corrected chi connectivity index (χ1v) is 9.07. The minimum absolute atomic E-state index is 0.0261. The third-order valence-electron chi connectivity index (χ3n) is 5.06. The van der Waals surface area contributed by atoms with Gasteiger partial charge in [-0.3, -0.25) is 9.78 Å². The zero-order chi connectivity index (χ0) is 18.0. The molecule has 2 fully saturated rings. The number of likely N-dealkylation sites (tertiary alicyclic amines) is 1. The predicted octanol–water partition coefficient (Wildman–Crippen LogP) is 2.63. The summed E-state index contributed by atoms with van der Waals surface area (Å²) in [5.74, 6) is 0.590. The zero-order valence-electron chi connectivity index (χ0n) is 14.9. The Balaban J connectivity index is 1.41. The lowest BCUT2D eigenvalue weighted by atomic mass is 9.89. The second-order valence-electron chi connectivity index (χ2n) is 7.16. The molecule has 6 nitrogen and oxygen atoms in total. The summed E-state index contributed by atoms with van der Waals surface area (Å²) >= 11 is 0. The molecule has 2 aromatic heterocycles. The van der Waals surface area contributed by atoms with E-state index < -0.39 is 0 Å². The minimum Gasteiger partial charge on any atom is -0.472 e. The number of aromatic nitrogens is 2. The van der Waals surface area contributed by atoms with Gasteiger partial charge in [0.05, 0.1) is 18.8 Å². The van der Waals surface area contributed by atoms with Crippen LogP contribution in [0.3, 0.4) is 0 Å². The fraction of sp³-hybridized carbons (Fsp3) is 0.450. The summed E-state index contributed by atoms with van der Waals surface area (Å²) in [5.41, 5.74) is 1.22. The Labute approximate surface area is 153 Å². The van der Waals surface area contributed by atoms with E-state index in [9.17, 15) is 4.79 Å². The third-order valence-corrected chi connectivity index (χ3v) is 5.06. The average Bonchev–Trinajstić information content (AvgIpc) is 3.04. The maximum Gasteiger partial charge on any atom is 0.272 e. The average molecular weight is 353 g/mol. The highest BCUT2D eigenvalue weighted by Crippen LogP contribution is 2.36. The number of rotatable bonds is 3. The SMILES string of the molecule is Cc1ccc(C(=O)N2CCC[C@]3(C[C@H](Oc4ccccn4)CO3)C2)nc1. The maximum absolute atomic E-state index is 12.8. The monoisotopic (exact) mass is 353 g/mol. The van der Waals surface area contributed by atoms with Gasteiger partial charge in [0.1, 0.15) is 11.8 Å². The normalized spacial score (nSPS) is 25.4. The Morgan fingerprint density at radius 3 is 3.00 bits per heavy atom. The van der Waals surface area contributed by atoms with Crippen LogP contribution in [0.2, 0.25) is 0 Å². The number of piperidine rings is 1. The molecular weight excluding hydrogens is 330 g/mol. The van der Waals surface area contributed by atoms with E-state index in [2.05, 4.69) is 9.97 Å². The lowest BCUT2D eigenvalue weighted by Crippen LogP contribution is -2.50. The van der Waals surface area contributed by atoms with E-state index in [1.165, 1.54) is 0 Å². The Morgan fingerprint density at radius 1 is 1.31 bits per heavy atom. The number of aryl methyl sites for hydroxylation is 1. The summed E-state index contributed by atoms with van der Waals surface area (Å²) in [4.78, 5) is 23.1. The van der Waals surface area contributed by atoms with Crippen LogP contribution >= 0.6 is 0 Å². The molecule has 26 heavy (non-hydrogen) atoms. The fourth-order valence-corrected chi connectivity index (χ4v) is 3.78. The Kier molecular flexibility index (Phi) is 4.59. The van der Waals surface area contributed by atoms with E-state index >= 15 is 0 Å². The molecule has 2 saturated heterocycles. The van der Waals surface area contributed by atoms with Gasteiger partial charge in [-0.15, -0.1) is 0 Å². The van der Waals surface area contributed by atoms with Crippen molar-refractivity contribution >= 4 is 5.91 Å². The van der Waals surface area contributed by atoms with Gasteiger partial charge < -0.3 is 14.4 Å². The molecule has 136 valence electrons. The highest BCUT2D eigenvalue weighted by molar-refractivity contribution is 5.92. The van der Waals surface area contributed by atoms with Gasteiger partial charge in [-0.2, -0.15) is 0 Å². The number of hydrogen-bond acceptors (Lipinski definition) is 5. The van der Waals surface area contributed by atoms with E-state index in [1.807, 2.05) is 36.1 Å². The molecular formula is C20H23N3O3. The number of nitrogens with zero attached hydrogens (tertiary/aromatic N) is 3. The van der Waals surface area contributed by atoms with E-state index in [-0.39, 0.29) is 17.6 Å². The van der Waals surface area contributed by atoms with Crippen LogP contribution < -0.4 is 4.74 Å². The van der Waals surface area contributed by atoms with Crippen molar-refractivity contribution in [3.8, 4) is 5.88 Å². The molecule has 2 aliphatic heterocycles. The Bertz CT molecular complexity index is 766. The molecule has 2 aliphatic rings. The molecule has 0 bridgehead atoms. The summed E-state index contributed by atoms with van der Waals surface area (Å²) < 4.78 is 12.1. The molecule has 2 aromatic rings. The lowest BCUT2D eigenvalue weighted by molar-refractivity contribution is -0.0454. The topological polar surface area (TPSA) is 64.6 Å². The van der Waals surface area contributed by atoms with Crippen LogP contribution in [0.1, 0.15) is 35.3 Å². The van der Waals surface area contributed by atoms with E-state index in [0.717, 1.165) is 31.4 Å². The molecule has 6 heteroatoms. The van der Waals surface area contributed by atoms with Gasteiger partial charge in [-0.25, -0.2) is 4.98 Å². The molecule has 4 heterocycles. The second-order valence-corrected chi connectivity index (χ2v) is 7.16.